The largest absolute Gasteiger partial charge is 0.380 e. The Balaban J connectivity index is 2.25. The van der Waals surface area contributed by atoms with Crippen LogP contribution in [-0.4, -0.2) is 29.6 Å². The third-order valence-electron chi connectivity index (χ3n) is 3.04. The van der Waals surface area contributed by atoms with E-state index in [1.54, 1.807) is 0 Å². The molecule has 0 aromatic rings. The van der Waals surface area contributed by atoms with Gasteiger partial charge in [0.2, 0.25) is 0 Å². The zero-order valence-corrected chi connectivity index (χ0v) is 8.82. The molecule has 2 fully saturated rings. The molecule has 0 radical (unpaired) electrons. The molecule has 2 aliphatic heterocycles. The van der Waals surface area contributed by atoms with E-state index in [1.807, 2.05) is 0 Å². The minimum Gasteiger partial charge on any atom is -0.380 e. The molecule has 2 aliphatic rings. The lowest BCUT2D eigenvalue weighted by Crippen LogP contribution is -2.32. The summed E-state index contributed by atoms with van der Waals surface area (Å²) in [5, 5.41) is 0. The van der Waals surface area contributed by atoms with Crippen LogP contribution in [0.1, 0.15) is 19.8 Å². The summed E-state index contributed by atoms with van der Waals surface area (Å²) in [4.78, 5) is 3.21. The number of allylic oxidation sites excluding steroid dienone is 1. The van der Waals surface area contributed by atoms with Gasteiger partial charge >= 0.3 is 0 Å². The van der Waals surface area contributed by atoms with Crippen LogP contribution in [0.5, 0.6) is 0 Å². The van der Waals surface area contributed by atoms with Gasteiger partial charge in [0.05, 0.1) is 17.0 Å². The standard InChI is InChI=1S/C10H15NOS/c1-3-11-8(2)6-10(9(11)13)4-5-12-7-10/h2-7H2,1H3. The lowest BCUT2D eigenvalue weighted by atomic mass is 9.86. The second-order valence-corrected chi connectivity index (χ2v) is 4.26. The molecular weight excluding hydrogens is 182 g/mol. The van der Waals surface area contributed by atoms with Crippen molar-refractivity contribution in [3.05, 3.63) is 12.3 Å². The maximum Gasteiger partial charge on any atom is 0.0911 e. The van der Waals surface area contributed by atoms with Gasteiger partial charge in [0.25, 0.3) is 0 Å². The molecule has 0 aromatic carbocycles. The van der Waals surface area contributed by atoms with E-state index in [0.29, 0.717) is 0 Å². The van der Waals surface area contributed by atoms with E-state index < -0.39 is 0 Å². The van der Waals surface area contributed by atoms with Gasteiger partial charge in [-0.15, -0.1) is 0 Å². The second-order valence-electron chi connectivity index (χ2n) is 3.88. The summed E-state index contributed by atoms with van der Waals surface area (Å²) in [5.74, 6) is 0. The molecule has 1 atom stereocenters. The van der Waals surface area contributed by atoms with Crippen molar-refractivity contribution in [3.8, 4) is 0 Å². The molecule has 0 N–H and O–H groups in total. The molecule has 72 valence electrons. The first-order valence-electron chi connectivity index (χ1n) is 4.77. The van der Waals surface area contributed by atoms with E-state index in [1.165, 1.54) is 0 Å². The van der Waals surface area contributed by atoms with Gasteiger partial charge in [0.15, 0.2) is 0 Å². The van der Waals surface area contributed by atoms with Crippen LogP contribution in [0.3, 0.4) is 0 Å². The molecule has 2 heterocycles. The molecule has 0 aliphatic carbocycles. The normalized spacial score (nSPS) is 33.8. The molecule has 1 spiro atoms. The number of thiocarbonyl (C=S) groups is 1. The number of hydrogen-bond donors (Lipinski definition) is 0. The summed E-state index contributed by atoms with van der Waals surface area (Å²) in [7, 11) is 0. The molecule has 0 saturated carbocycles. The molecule has 1 unspecified atom stereocenters. The first-order valence-corrected chi connectivity index (χ1v) is 5.18. The number of hydrogen-bond acceptors (Lipinski definition) is 2. The van der Waals surface area contributed by atoms with Gasteiger partial charge in [-0.05, 0) is 13.3 Å². The minimum absolute atomic E-state index is 0.127. The fraction of sp³-hybridized carbons (Fsp3) is 0.700. The topological polar surface area (TPSA) is 12.5 Å². The minimum atomic E-state index is 0.127. The quantitative estimate of drug-likeness (QED) is 0.596. The highest BCUT2D eigenvalue weighted by atomic mass is 32.1. The summed E-state index contributed by atoms with van der Waals surface area (Å²) < 4.78 is 5.44. The molecular formula is C10H15NOS. The Bertz CT molecular complexity index is 256. The smallest absolute Gasteiger partial charge is 0.0911 e. The average Bonchev–Trinajstić information content (AvgIpc) is 2.62. The SMILES string of the molecule is C=C1CC2(CCOC2)C(=S)N1CC. The van der Waals surface area contributed by atoms with E-state index >= 15 is 0 Å². The third-order valence-corrected chi connectivity index (χ3v) is 3.70. The zero-order valence-electron chi connectivity index (χ0n) is 8.01. The van der Waals surface area contributed by atoms with Gasteiger partial charge < -0.3 is 9.64 Å². The highest BCUT2D eigenvalue weighted by Gasteiger charge is 2.47. The van der Waals surface area contributed by atoms with Crippen molar-refractivity contribution in [3.63, 3.8) is 0 Å². The fourth-order valence-corrected chi connectivity index (χ4v) is 2.77. The van der Waals surface area contributed by atoms with Crippen LogP contribution in [0.2, 0.25) is 0 Å². The van der Waals surface area contributed by atoms with E-state index in [-0.39, 0.29) is 5.41 Å². The van der Waals surface area contributed by atoms with E-state index in [4.69, 9.17) is 17.0 Å². The lowest BCUT2D eigenvalue weighted by molar-refractivity contribution is 0.177. The van der Waals surface area contributed by atoms with Crippen molar-refractivity contribution in [2.45, 2.75) is 19.8 Å². The van der Waals surface area contributed by atoms with Crippen LogP contribution in [0.25, 0.3) is 0 Å². The van der Waals surface area contributed by atoms with Gasteiger partial charge in [-0.1, -0.05) is 18.8 Å². The molecule has 2 nitrogen and oxygen atoms in total. The molecule has 0 aromatic heterocycles. The van der Waals surface area contributed by atoms with E-state index in [2.05, 4.69) is 18.4 Å². The summed E-state index contributed by atoms with van der Waals surface area (Å²) >= 11 is 5.47. The Hall–Kier alpha value is -0.410. The monoisotopic (exact) mass is 197 g/mol. The summed E-state index contributed by atoms with van der Waals surface area (Å²) in [6, 6.07) is 0. The van der Waals surface area contributed by atoms with Crippen molar-refractivity contribution in [1.82, 2.24) is 4.90 Å². The van der Waals surface area contributed by atoms with Gasteiger partial charge in [-0.3, -0.25) is 0 Å². The zero-order chi connectivity index (χ0) is 9.47. The van der Waals surface area contributed by atoms with Crippen LogP contribution in [0, 0.1) is 5.41 Å². The highest BCUT2D eigenvalue weighted by Crippen LogP contribution is 2.44. The first kappa shape index (κ1) is 9.16. The highest BCUT2D eigenvalue weighted by molar-refractivity contribution is 7.80. The van der Waals surface area contributed by atoms with Gasteiger partial charge in [0.1, 0.15) is 0 Å². The Morgan fingerprint density at radius 2 is 2.46 bits per heavy atom. The Kier molecular flexibility index (Phi) is 2.16. The van der Waals surface area contributed by atoms with Gasteiger partial charge in [-0.2, -0.15) is 0 Å². The maximum absolute atomic E-state index is 5.47. The molecule has 0 amide bonds. The molecule has 2 saturated heterocycles. The van der Waals surface area contributed by atoms with E-state index in [9.17, 15) is 0 Å². The van der Waals surface area contributed by atoms with Crippen LogP contribution < -0.4 is 0 Å². The number of ether oxygens (including phenoxy) is 1. The second kappa shape index (κ2) is 3.07. The number of likely N-dealkylation sites (tertiary alicyclic amines) is 1. The van der Waals surface area contributed by atoms with Crippen LogP contribution in [0.15, 0.2) is 12.3 Å². The van der Waals surface area contributed by atoms with Crippen molar-refractivity contribution in [1.29, 1.82) is 0 Å². The number of nitrogens with zero attached hydrogens (tertiary/aromatic N) is 1. The summed E-state index contributed by atoms with van der Waals surface area (Å²) in [6.07, 6.45) is 2.07. The Morgan fingerprint density at radius 3 is 2.92 bits per heavy atom. The number of rotatable bonds is 1. The third kappa shape index (κ3) is 1.22. The first-order chi connectivity index (χ1) is 6.19. The average molecular weight is 197 g/mol. The van der Waals surface area contributed by atoms with Crippen LogP contribution in [-0.2, 0) is 4.74 Å². The van der Waals surface area contributed by atoms with Crippen molar-refractivity contribution in [2.75, 3.05) is 19.8 Å². The summed E-state index contributed by atoms with van der Waals surface area (Å²) in [5.41, 5.74) is 1.29. The summed E-state index contributed by atoms with van der Waals surface area (Å²) in [6.45, 7) is 8.77. The Labute approximate surface area is 84.6 Å². The van der Waals surface area contributed by atoms with Crippen molar-refractivity contribution in [2.24, 2.45) is 5.41 Å². The van der Waals surface area contributed by atoms with Gasteiger partial charge in [0, 0.05) is 25.3 Å². The van der Waals surface area contributed by atoms with Crippen molar-refractivity contribution >= 4 is 17.2 Å². The van der Waals surface area contributed by atoms with E-state index in [0.717, 1.165) is 43.3 Å². The fourth-order valence-electron chi connectivity index (χ4n) is 2.27. The lowest BCUT2D eigenvalue weighted by Gasteiger charge is -2.23. The maximum atomic E-state index is 5.47. The van der Waals surface area contributed by atoms with Gasteiger partial charge in [-0.25, -0.2) is 0 Å². The molecule has 0 bridgehead atoms. The Morgan fingerprint density at radius 1 is 1.69 bits per heavy atom. The molecule has 3 heteroatoms. The predicted octanol–water partition coefficient (Wildman–Crippen LogP) is 1.96. The van der Waals surface area contributed by atoms with Crippen LogP contribution in [0.4, 0.5) is 0 Å². The predicted molar refractivity (Wildman–Crippen MR) is 56.6 cm³/mol. The molecule has 13 heavy (non-hydrogen) atoms. The molecule has 2 rings (SSSR count). The van der Waals surface area contributed by atoms with Crippen molar-refractivity contribution < 1.29 is 4.74 Å². The van der Waals surface area contributed by atoms with Crippen LogP contribution >= 0.6 is 12.2 Å².